The molecule has 2 rings (SSSR count). The Bertz CT molecular complexity index is 401. The first-order chi connectivity index (χ1) is 12.1. The molecule has 0 aromatic carbocycles. The molecule has 0 spiro atoms. The minimum Gasteiger partial charge on any atom is -0.379 e. The molecular weight excluding hydrogens is 441 g/mol. The number of halogens is 1. The molecule has 2 saturated heterocycles. The molecule has 0 amide bonds. The fraction of sp³-hybridized carbons (Fsp3) is 0.947. The lowest BCUT2D eigenvalue weighted by atomic mass is 10.0. The van der Waals surface area contributed by atoms with E-state index in [-0.39, 0.29) is 24.0 Å². The SMILES string of the molecule is CCN1CCCC1CNC(=NC)NCC(CC(C)C)N1CCOCC1.I. The summed E-state index contributed by atoms with van der Waals surface area (Å²) in [6.07, 6.45) is 3.82. The molecule has 26 heavy (non-hydrogen) atoms. The molecule has 7 heteroatoms. The van der Waals surface area contributed by atoms with Crippen molar-refractivity contribution in [1.82, 2.24) is 20.4 Å². The zero-order valence-corrected chi connectivity index (χ0v) is 19.5. The van der Waals surface area contributed by atoms with Crippen LogP contribution in [0.25, 0.3) is 0 Å². The van der Waals surface area contributed by atoms with Gasteiger partial charge in [0.15, 0.2) is 5.96 Å². The van der Waals surface area contributed by atoms with Crippen LogP contribution in [0.2, 0.25) is 0 Å². The standard InChI is InChI=1S/C19H39N5O.HI/c1-5-23-8-6-7-17(23)14-21-19(20-4)22-15-18(13-16(2)3)24-9-11-25-12-10-24;/h16-18H,5-15H2,1-4H3,(H2,20,21,22);1H. The highest BCUT2D eigenvalue weighted by molar-refractivity contribution is 14.0. The van der Waals surface area contributed by atoms with Crippen molar-refractivity contribution >= 4 is 29.9 Å². The number of hydrogen-bond donors (Lipinski definition) is 2. The summed E-state index contributed by atoms with van der Waals surface area (Å²) in [5.41, 5.74) is 0. The highest BCUT2D eigenvalue weighted by Gasteiger charge is 2.24. The van der Waals surface area contributed by atoms with Gasteiger partial charge in [-0.15, -0.1) is 24.0 Å². The molecule has 2 heterocycles. The second-order valence-electron chi connectivity index (χ2n) is 7.69. The molecule has 0 radical (unpaired) electrons. The van der Waals surface area contributed by atoms with Gasteiger partial charge in [-0.1, -0.05) is 20.8 Å². The Hall–Kier alpha value is -0.120. The number of rotatable bonds is 8. The fourth-order valence-electron chi connectivity index (χ4n) is 4.04. The summed E-state index contributed by atoms with van der Waals surface area (Å²) in [4.78, 5) is 9.56. The highest BCUT2D eigenvalue weighted by atomic mass is 127. The molecule has 2 unspecified atom stereocenters. The highest BCUT2D eigenvalue weighted by Crippen LogP contribution is 2.15. The predicted octanol–water partition coefficient (Wildman–Crippen LogP) is 2.00. The lowest BCUT2D eigenvalue weighted by molar-refractivity contribution is 0.0132. The Kier molecular flexibility index (Phi) is 12.1. The zero-order valence-electron chi connectivity index (χ0n) is 17.2. The first kappa shape index (κ1) is 23.9. The number of nitrogens with zero attached hydrogens (tertiary/aromatic N) is 3. The first-order valence-corrected chi connectivity index (χ1v) is 10.1. The van der Waals surface area contributed by atoms with Crippen LogP contribution in [-0.2, 0) is 4.74 Å². The molecule has 6 nitrogen and oxygen atoms in total. The van der Waals surface area contributed by atoms with Crippen LogP contribution in [0.1, 0.15) is 40.0 Å². The van der Waals surface area contributed by atoms with Gasteiger partial charge in [-0.25, -0.2) is 0 Å². The molecule has 0 saturated carbocycles. The molecular formula is C19H40IN5O. The third kappa shape index (κ3) is 7.86. The van der Waals surface area contributed by atoms with Gasteiger partial charge in [0.05, 0.1) is 13.2 Å². The number of likely N-dealkylation sites (tertiary alicyclic amines) is 1. The van der Waals surface area contributed by atoms with Crippen molar-refractivity contribution < 1.29 is 4.74 Å². The monoisotopic (exact) mass is 481 g/mol. The van der Waals surface area contributed by atoms with Crippen molar-refractivity contribution in [2.45, 2.75) is 52.1 Å². The first-order valence-electron chi connectivity index (χ1n) is 10.1. The van der Waals surface area contributed by atoms with E-state index >= 15 is 0 Å². The van der Waals surface area contributed by atoms with Gasteiger partial charge in [0.1, 0.15) is 0 Å². The Morgan fingerprint density at radius 3 is 2.54 bits per heavy atom. The molecule has 2 aliphatic rings. The van der Waals surface area contributed by atoms with Crippen molar-refractivity contribution in [2.24, 2.45) is 10.9 Å². The number of aliphatic imine (C=N–C) groups is 1. The third-order valence-corrected chi connectivity index (χ3v) is 5.44. The number of likely N-dealkylation sites (N-methyl/N-ethyl adjacent to an activating group) is 1. The van der Waals surface area contributed by atoms with E-state index in [1.54, 1.807) is 0 Å². The van der Waals surface area contributed by atoms with Crippen LogP contribution in [0.4, 0.5) is 0 Å². The summed E-state index contributed by atoms with van der Waals surface area (Å²) in [7, 11) is 1.87. The van der Waals surface area contributed by atoms with Gasteiger partial charge >= 0.3 is 0 Å². The Labute approximate surface area is 177 Å². The molecule has 2 N–H and O–H groups in total. The molecule has 2 atom stereocenters. The average molecular weight is 481 g/mol. The van der Waals surface area contributed by atoms with Crippen LogP contribution in [-0.4, -0.2) is 87.4 Å². The number of hydrogen-bond acceptors (Lipinski definition) is 4. The van der Waals surface area contributed by atoms with Crippen molar-refractivity contribution in [3.05, 3.63) is 0 Å². The summed E-state index contributed by atoms with van der Waals surface area (Å²) in [6.45, 7) is 15.0. The molecule has 2 fully saturated rings. The summed E-state index contributed by atoms with van der Waals surface area (Å²) in [5, 5.41) is 7.11. The van der Waals surface area contributed by atoms with E-state index in [4.69, 9.17) is 4.74 Å². The van der Waals surface area contributed by atoms with Crippen LogP contribution in [0.5, 0.6) is 0 Å². The van der Waals surface area contributed by atoms with Crippen molar-refractivity contribution in [3.8, 4) is 0 Å². The molecule has 0 aromatic rings. The third-order valence-electron chi connectivity index (χ3n) is 5.44. The summed E-state index contributed by atoms with van der Waals surface area (Å²) >= 11 is 0. The van der Waals surface area contributed by atoms with E-state index in [9.17, 15) is 0 Å². The topological polar surface area (TPSA) is 52.1 Å². The molecule has 2 aliphatic heterocycles. The number of guanidine groups is 1. The van der Waals surface area contributed by atoms with Crippen LogP contribution in [0, 0.1) is 5.92 Å². The van der Waals surface area contributed by atoms with Crippen molar-refractivity contribution in [1.29, 1.82) is 0 Å². The van der Waals surface area contributed by atoms with Crippen molar-refractivity contribution in [3.63, 3.8) is 0 Å². The molecule has 154 valence electrons. The maximum atomic E-state index is 5.52. The predicted molar refractivity (Wildman–Crippen MR) is 121 cm³/mol. The summed E-state index contributed by atoms with van der Waals surface area (Å²) in [5.74, 6) is 1.63. The largest absolute Gasteiger partial charge is 0.379 e. The number of morpholine rings is 1. The maximum Gasteiger partial charge on any atom is 0.191 e. The average Bonchev–Trinajstić information content (AvgIpc) is 3.08. The lowest BCUT2D eigenvalue weighted by Crippen LogP contribution is -2.52. The van der Waals surface area contributed by atoms with Gasteiger partial charge < -0.3 is 15.4 Å². The minimum absolute atomic E-state index is 0. The Morgan fingerprint density at radius 2 is 1.92 bits per heavy atom. The van der Waals surface area contributed by atoms with Crippen molar-refractivity contribution in [2.75, 3.05) is 59.5 Å². The van der Waals surface area contributed by atoms with Gasteiger partial charge in [-0.3, -0.25) is 14.8 Å². The second kappa shape index (κ2) is 13.1. The van der Waals surface area contributed by atoms with Crippen LogP contribution < -0.4 is 10.6 Å². The number of ether oxygens (including phenoxy) is 1. The fourth-order valence-corrected chi connectivity index (χ4v) is 4.04. The van der Waals surface area contributed by atoms with E-state index in [1.807, 2.05) is 7.05 Å². The normalized spacial score (nSPS) is 23.7. The van der Waals surface area contributed by atoms with Gasteiger partial charge in [-0.05, 0) is 38.3 Å². The minimum atomic E-state index is 0. The van der Waals surface area contributed by atoms with Crippen LogP contribution in [0.3, 0.4) is 0 Å². The van der Waals surface area contributed by atoms with Gasteiger partial charge in [0, 0.05) is 45.3 Å². The van der Waals surface area contributed by atoms with E-state index in [1.165, 1.54) is 25.8 Å². The summed E-state index contributed by atoms with van der Waals surface area (Å²) in [6, 6.07) is 1.19. The van der Waals surface area contributed by atoms with Gasteiger partial charge in [0.25, 0.3) is 0 Å². The Morgan fingerprint density at radius 1 is 1.19 bits per heavy atom. The quantitative estimate of drug-likeness (QED) is 0.316. The van der Waals surface area contributed by atoms with E-state index < -0.39 is 0 Å². The Balaban J connectivity index is 0.00000338. The van der Waals surface area contributed by atoms with Crippen LogP contribution in [0.15, 0.2) is 4.99 Å². The van der Waals surface area contributed by atoms with Gasteiger partial charge in [0.2, 0.25) is 0 Å². The number of nitrogens with one attached hydrogen (secondary N) is 2. The maximum absolute atomic E-state index is 5.52. The van der Waals surface area contributed by atoms with E-state index in [0.717, 1.165) is 51.9 Å². The molecule has 0 bridgehead atoms. The van der Waals surface area contributed by atoms with E-state index in [0.29, 0.717) is 18.0 Å². The second-order valence-corrected chi connectivity index (χ2v) is 7.69. The smallest absolute Gasteiger partial charge is 0.191 e. The lowest BCUT2D eigenvalue weighted by Gasteiger charge is -2.36. The van der Waals surface area contributed by atoms with Gasteiger partial charge in [-0.2, -0.15) is 0 Å². The molecule has 0 aliphatic carbocycles. The van der Waals surface area contributed by atoms with E-state index in [2.05, 4.69) is 46.2 Å². The van der Waals surface area contributed by atoms with Crippen LogP contribution >= 0.6 is 24.0 Å². The zero-order chi connectivity index (χ0) is 18.1. The summed E-state index contributed by atoms with van der Waals surface area (Å²) < 4.78 is 5.52. The molecule has 0 aromatic heterocycles.